The van der Waals surface area contributed by atoms with Gasteiger partial charge >= 0.3 is 12.1 Å². The van der Waals surface area contributed by atoms with Crippen LogP contribution < -0.4 is 5.32 Å². The third kappa shape index (κ3) is 4.20. The molecule has 0 bridgehead atoms. The number of hydrogen-bond acceptors (Lipinski definition) is 6. The Labute approximate surface area is 134 Å². The van der Waals surface area contributed by atoms with Crippen LogP contribution in [0.2, 0.25) is 0 Å². The van der Waals surface area contributed by atoms with E-state index in [-0.39, 0.29) is 18.4 Å². The predicted octanol–water partition coefficient (Wildman–Crippen LogP) is 0.592. The summed E-state index contributed by atoms with van der Waals surface area (Å²) in [6.45, 7) is 1.70. The zero-order chi connectivity index (χ0) is 17.0. The maximum Gasteiger partial charge on any atom is 0.413 e. The lowest BCUT2D eigenvalue weighted by molar-refractivity contribution is -0.158. The Hall–Kier alpha value is -2.12. The van der Waals surface area contributed by atoms with Crippen molar-refractivity contribution in [1.29, 1.82) is 0 Å². The molecule has 0 aromatic rings. The average molecular weight is 326 g/mol. The molecule has 1 aliphatic heterocycles. The van der Waals surface area contributed by atoms with Crippen molar-refractivity contribution in [2.75, 3.05) is 13.7 Å². The third-order valence-corrected chi connectivity index (χ3v) is 4.33. The van der Waals surface area contributed by atoms with Crippen LogP contribution >= 0.6 is 0 Å². The topological polar surface area (TPSA) is 102 Å². The summed E-state index contributed by atoms with van der Waals surface area (Å²) in [5, 5.41) is 1.93. The summed E-state index contributed by atoms with van der Waals surface area (Å²) in [6.07, 6.45) is 2.23. The number of imide groups is 1. The van der Waals surface area contributed by atoms with Gasteiger partial charge in [-0.25, -0.2) is 4.79 Å². The summed E-state index contributed by atoms with van der Waals surface area (Å²) in [6, 6.07) is 0.223. The second-order valence-electron chi connectivity index (χ2n) is 5.95. The Morgan fingerprint density at radius 1 is 1.26 bits per heavy atom. The van der Waals surface area contributed by atoms with Gasteiger partial charge in [-0.1, -0.05) is 12.8 Å². The Morgan fingerprint density at radius 2 is 1.91 bits per heavy atom. The van der Waals surface area contributed by atoms with Gasteiger partial charge < -0.3 is 14.4 Å². The molecule has 8 nitrogen and oxygen atoms in total. The predicted molar refractivity (Wildman–Crippen MR) is 78.2 cm³/mol. The van der Waals surface area contributed by atoms with Gasteiger partial charge in [0.15, 0.2) is 6.10 Å². The monoisotopic (exact) mass is 326 g/mol. The molecule has 0 radical (unpaired) electrons. The summed E-state index contributed by atoms with van der Waals surface area (Å²) >= 11 is 0. The van der Waals surface area contributed by atoms with Gasteiger partial charge in [0.2, 0.25) is 5.91 Å². The van der Waals surface area contributed by atoms with Crippen LogP contribution in [-0.2, 0) is 23.9 Å². The second-order valence-corrected chi connectivity index (χ2v) is 5.95. The van der Waals surface area contributed by atoms with Crippen molar-refractivity contribution in [2.24, 2.45) is 5.92 Å². The number of ether oxygens (including phenoxy) is 2. The fourth-order valence-electron chi connectivity index (χ4n) is 3.04. The van der Waals surface area contributed by atoms with E-state index in [1.807, 2.05) is 5.32 Å². The first-order valence-corrected chi connectivity index (χ1v) is 7.81. The van der Waals surface area contributed by atoms with E-state index in [1.165, 1.54) is 6.92 Å². The molecule has 1 heterocycles. The van der Waals surface area contributed by atoms with Crippen molar-refractivity contribution in [3.05, 3.63) is 0 Å². The maximum atomic E-state index is 12.1. The molecule has 0 spiro atoms. The van der Waals surface area contributed by atoms with Gasteiger partial charge in [-0.2, -0.15) is 0 Å². The molecule has 8 heteroatoms. The zero-order valence-corrected chi connectivity index (χ0v) is 13.4. The molecule has 2 fully saturated rings. The minimum absolute atomic E-state index is 0.0366. The number of nitrogens with zero attached hydrogens (tertiary/aromatic N) is 1. The van der Waals surface area contributed by atoms with Crippen molar-refractivity contribution in [1.82, 2.24) is 10.2 Å². The Balaban J connectivity index is 1.85. The summed E-state index contributed by atoms with van der Waals surface area (Å²) in [5.74, 6) is -1.95. The van der Waals surface area contributed by atoms with Crippen LogP contribution in [0.1, 0.15) is 39.0 Å². The molecule has 2 rings (SSSR count). The van der Waals surface area contributed by atoms with Gasteiger partial charge in [-0.3, -0.25) is 19.7 Å². The first kappa shape index (κ1) is 17.2. The number of hydrogen-bond donors (Lipinski definition) is 1. The van der Waals surface area contributed by atoms with Crippen LogP contribution in [0.3, 0.4) is 0 Å². The highest BCUT2D eigenvalue weighted by molar-refractivity contribution is 5.95. The molecule has 1 saturated carbocycles. The maximum absolute atomic E-state index is 12.1. The van der Waals surface area contributed by atoms with Crippen LogP contribution in [0.5, 0.6) is 0 Å². The lowest BCUT2D eigenvalue weighted by atomic mass is 10.1. The Kier molecular flexibility index (Phi) is 5.57. The van der Waals surface area contributed by atoms with Gasteiger partial charge in [0.1, 0.15) is 0 Å². The SMILES string of the molecule is COC(=O)NC(=O)[C@H](C)OC(=O)[C@@H]1CC(=O)N(C2CCCC2)C1. The summed E-state index contributed by atoms with van der Waals surface area (Å²) in [7, 11) is 1.13. The van der Waals surface area contributed by atoms with Gasteiger partial charge in [0, 0.05) is 19.0 Å². The van der Waals surface area contributed by atoms with E-state index >= 15 is 0 Å². The molecular formula is C15H22N2O6. The molecule has 0 aromatic carbocycles. The number of esters is 1. The molecule has 1 aliphatic carbocycles. The normalized spacial score (nSPS) is 22.8. The first-order chi connectivity index (χ1) is 10.9. The van der Waals surface area contributed by atoms with Gasteiger partial charge in [-0.05, 0) is 19.8 Å². The zero-order valence-electron chi connectivity index (χ0n) is 13.4. The van der Waals surface area contributed by atoms with Crippen molar-refractivity contribution in [3.63, 3.8) is 0 Å². The van der Waals surface area contributed by atoms with Crippen molar-refractivity contribution >= 4 is 23.9 Å². The molecule has 2 atom stereocenters. The molecule has 3 amide bonds. The number of alkyl carbamates (subject to hydrolysis) is 1. The van der Waals surface area contributed by atoms with Crippen molar-refractivity contribution in [2.45, 2.75) is 51.2 Å². The smallest absolute Gasteiger partial charge is 0.413 e. The van der Waals surface area contributed by atoms with Gasteiger partial charge in [0.05, 0.1) is 13.0 Å². The van der Waals surface area contributed by atoms with Crippen molar-refractivity contribution in [3.8, 4) is 0 Å². The lowest BCUT2D eigenvalue weighted by Crippen LogP contribution is -2.40. The highest BCUT2D eigenvalue weighted by Crippen LogP contribution is 2.30. The van der Waals surface area contributed by atoms with Gasteiger partial charge in [0.25, 0.3) is 5.91 Å². The largest absolute Gasteiger partial charge is 0.453 e. The molecule has 0 aromatic heterocycles. The number of amides is 3. The van der Waals surface area contributed by atoms with E-state index in [1.54, 1.807) is 4.90 Å². The Morgan fingerprint density at radius 3 is 2.52 bits per heavy atom. The molecular weight excluding hydrogens is 304 g/mol. The number of carbonyl (C=O) groups is 4. The Bertz CT molecular complexity index is 500. The number of likely N-dealkylation sites (tertiary alicyclic amines) is 1. The average Bonchev–Trinajstić information content (AvgIpc) is 3.15. The van der Waals surface area contributed by atoms with E-state index in [0.29, 0.717) is 6.54 Å². The molecule has 1 N–H and O–H groups in total. The van der Waals surface area contributed by atoms with Crippen LogP contribution in [0.15, 0.2) is 0 Å². The van der Waals surface area contributed by atoms with Crippen LogP contribution in [-0.4, -0.2) is 54.6 Å². The molecule has 128 valence electrons. The quantitative estimate of drug-likeness (QED) is 0.759. The van der Waals surface area contributed by atoms with Crippen LogP contribution in [0.25, 0.3) is 0 Å². The second kappa shape index (κ2) is 7.43. The number of carbonyl (C=O) groups excluding carboxylic acids is 4. The van der Waals surface area contributed by atoms with Crippen LogP contribution in [0, 0.1) is 5.92 Å². The van der Waals surface area contributed by atoms with E-state index < -0.39 is 30.0 Å². The van der Waals surface area contributed by atoms with Crippen LogP contribution in [0.4, 0.5) is 4.79 Å². The minimum atomic E-state index is -1.13. The van der Waals surface area contributed by atoms with E-state index in [4.69, 9.17) is 4.74 Å². The molecule has 1 saturated heterocycles. The van der Waals surface area contributed by atoms with E-state index in [2.05, 4.69) is 4.74 Å². The highest BCUT2D eigenvalue weighted by atomic mass is 16.6. The number of nitrogens with one attached hydrogen (secondary N) is 1. The minimum Gasteiger partial charge on any atom is -0.453 e. The fraction of sp³-hybridized carbons (Fsp3) is 0.733. The summed E-state index contributed by atoms with van der Waals surface area (Å²) < 4.78 is 9.36. The van der Waals surface area contributed by atoms with E-state index in [0.717, 1.165) is 32.8 Å². The highest BCUT2D eigenvalue weighted by Gasteiger charge is 2.40. The third-order valence-electron chi connectivity index (χ3n) is 4.33. The van der Waals surface area contributed by atoms with Crippen molar-refractivity contribution < 1.29 is 28.7 Å². The standard InChI is InChI=1S/C15H22N2O6/c1-9(13(19)16-15(21)22-2)23-14(20)10-7-12(18)17(8-10)11-5-3-4-6-11/h9-11H,3-8H2,1-2H3,(H,16,19,21)/t9-,10+/m0/s1. The number of rotatable bonds is 4. The van der Waals surface area contributed by atoms with E-state index in [9.17, 15) is 19.2 Å². The fourth-order valence-corrected chi connectivity index (χ4v) is 3.04. The molecule has 23 heavy (non-hydrogen) atoms. The lowest BCUT2D eigenvalue weighted by Gasteiger charge is -2.24. The number of methoxy groups -OCH3 is 1. The first-order valence-electron chi connectivity index (χ1n) is 7.81. The molecule has 0 unspecified atom stereocenters. The molecule has 2 aliphatic rings. The summed E-state index contributed by atoms with van der Waals surface area (Å²) in [5.41, 5.74) is 0. The summed E-state index contributed by atoms with van der Waals surface area (Å²) in [4.78, 5) is 48.5. The van der Waals surface area contributed by atoms with Gasteiger partial charge in [-0.15, -0.1) is 0 Å².